The number of aromatic nitrogens is 2. The molecule has 2 N–H and O–H groups in total. The summed E-state index contributed by atoms with van der Waals surface area (Å²) in [5.41, 5.74) is -1.16. The number of piperidine rings is 1. The van der Waals surface area contributed by atoms with E-state index in [1.807, 2.05) is 0 Å². The Morgan fingerprint density at radius 3 is 2.59 bits per heavy atom. The number of carboxylic acids is 1. The highest BCUT2D eigenvalue weighted by molar-refractivity contribution is 5.88. The average molecular weight is 318 g/mol. The number of urea groups is 1. The summed E-state index contributed by atoms with van der Waals surface area (Å²) in [5.74, 6) is -1.75. The number of carboxylic acid groups (broad SMARTS) is 1. The first-order valence-electron chi connectivity index (χ1n) is 6.47. The number of nitrogens with one attached hydrogen (secondary N) is 1. The largest absolute Gasteiger partial charge is 0.481 e. The smallest absolute Gasteiger partial charge is 0.435 e. The van der Waals surface area contributed by atoms with E-state index in [0.29, 0.717) is 25.5 Å². The summed E-state index contributed by atoms with van der Waals surface area (Å²) in [6.45, 7) is 0.429. The molecule has 2 amide bonds. The number of anilines is 1. The zero-order valence-electron chi connectivity index (χ0n) is 11.3. The van der Waals surface area contributed by atoms with Crippen molar-refractivity contribution >= 4 is 17.8 Å². The van der Waals surface area contributed by atoms with E-state index in [-0.39, 0.29) is 12.4 Å². The minimum absolute atomic E-state index is 0.0508. The first-order chi connectivity index (χ1) is 10.3. The van der Waals surface area contributed by atoms with E-state index in [1.54, 1.807) is 0 Å². The van der Waals surface area contributed by atoms with Crippen molar-refractivity contribution in [1.29, 1.82) is 0 Å². The van der Waals surface area contributed by atoms with Gasteiger partial charge in [0.1, 0.15) is 0 Å². The number of carbonyl (C=O) groups is 2. The van der Waals surface area contributed by atoms with Crippen LogP contribution in [0.2, 0.25) is 0 Å². The second kappa shape index (κ2) is 6.16. The number of amides is 2. The van der Waals surface area contributed by atoms with Gasteiger partial charge in [-0.15, -0.1) is 10.2 Å². The second-order valence-electron chi connectivity index (χ2n) is 4.86. The number of carbonyl (C=O) groups excluding carboxylic acids is 1. The van der Waals surface area contributed by atoms with Crippen LogP contribution in [0.4, 0.5) is 23.8 Å². The number of rotatable bonds is 2. The van der Waals surface area contributed by atoms with Gasteiger partial charge in [-0.3, -0.25) is 10.1 Å². The van der Waals surface area contributed by atoms with Gasteiger partial charge in [0, 0.05) is 13.1 Å². The van der Waals surface area contributed by atoms with Gasteiger partial charge in [-0.2, -0.15) is 13.2 Å². The number of hydrogen-bond donors (Lipinski definition) is 2. The lowest BCUT2D eigenvalue weighted by molar-refractivity contribution is -0.143. The molecule has 1 aromatic heterocycles. The van der Waals surface area contributed by atoms with Crippen LogP contribution in [0.25, 0.3) is 0 Å². The highest BCUT2D eigenvalue weighted by Crippen LogP contribution is 2.27. The van der Waals surface area contributed by atoms with E-state index in [0.717, 1.165) is 6.07 Å². The summed E-state index contributed by atoms with van der Waals surface area (Å²) in [6, 6.07) is 1.09. The summed E-state index contributed by atoms with van der Waals surface area (Å²) in [6.07, 6.45) is -3.57. The van der Waals surface area contributed by atoms with Gasteiger partial charge < -0.3 is 10.0 Å². The van der Waals surface area contributed by atoms with Crippen LogP contribution in [0.1, 0.15) is 18.5 Å². The van der Waals surface area contributed by atoms with Crippen LogP contribution in [0.5, 0.6) is 0 Å². The lowest BCUT2D eigenvalue weighted by atomic mass is 9.99. The van der Waals surface area contributed by atoms with Gasteiger partial charge >= 0.3 is 18.2 Å². The fraction of sp³-hybridized carbons (Fsp3) is 0.500. The van der Waals surface area contributed by atoms with Gasteiger partial charge in [0.25, 0.3) is 0 Å². The molecule has 1 aromatic rings. The molecule has 10 heteroatoms. The molecule has 0 radical (unpaired) electrons. The van der Waals surface area contributed by atoms with Crippen molar-refractivity contribution in [2.45, 2.75) is 19.0 Å². The first kappa shape index (κ1) is 16.0. The molecule has 1 aliphatic heterocycles. The Kier molecular flexibility index (Phi) is 4.48. The molecular formula is C12H13F3N4O3. The molecule has 7 nitrogen and oxygen atoms in total. The van der Waals surface area contributed by atoms with E-state index in [2.05, 4.69) is 15.5 Å². The number of nitrogens with zero attached hydrogens (tertiary/aromatic N) is 3. The normalized spacial score (nSPS) is 18.9. The maximum Gasteiger partial charge on any atom is 0.435 e. The minimum Gasteiger partial charge on any atom is -0.481 e. The fourth-order valence-electron chi connectivity index (χ4n) is 2.10. The molecule has 22 heavy (non-hydrogen) atoms. The summed E-state index contributed by atoms with van der Waals surface area (Å²) < 4.78 is 37.0. The van der Waals surface area contributed by atoms with Crippen molar-refractivity contribution in [1.82, 2.24) is 15.1 Å². The Hall–Kier alpha value is -2.39. The van der Waals surface area contributed by atoms with Crippen molar-refractivity contribution in [3.05, 3.63) is 17.8 Å². The van der Waals surface area contributed by atoms with E-state index in [1.165, 1.54) is 4.90 Å². The van der Waals surface area contributed by atoms with Crippen molar-refractivity contribution < 1.29 is 27.9 Å². The summed E-state index contributed by atoms with van der Waals surface area (Å²) in [5, 5.41) is 17.5. The van der Waals surface area contributed by atoms with Crippen LogP contribution in [-0.4, -0.2) is 45.3 Å². The van der Waals surface area contributed by atoms with Gasteiger partial charge in [-0.1, -0.05) is 0 Å². The summed E-state index contributed by atoms with van der Waals surface area (Å²) >= 11 is 0. The molecule has 1 unspecified atom stereocenters. The maximum atomic E-state index is 12.3. The van der Waals surface area contributed by atoms with E-state index in [4.69, 9.17) is 5.11 Å². The predicted octanol–water partition coefficient (Wildman–Crippen LogP) is 1.82. The monoisotopic (exact) mass is 318 g/mol. The van der Waals surface area contributed by atoms with Crippen LogP contribution in [0, 0.1) is 5.92 Å². The van der Waals surface area contributed by atoms with Gasteiger partial charge in [0.15, 0.2) is 11.5 Å². The molecule has 120 valence electrons. The van der Waals surface area contributed by atoms with E-state index in [9.17, 15) is 22.8 Å². The molecule has 1 atom stereocenters. The zero-order valence-corrected chi connectivity index (χ0v) is 11.3. The molecule has 0 saturated carbocycles. The lowest BCUT2D eigenvalue weighted by Gasteiger charge is -2.30. The third-order valence-corrected chi connectivity index (χ3v) is 3.25. The van der Waals surface area contributed by atoms with Gasteiger partial charge in [0.05, 0.1) is 5.92 Å². The Bertz CT molecular complexity index is 562. The number of aliphatic carboxylic acids is 1. The SMILES string of the molecule is O=C(O)C1CCCN(C(=O)Nc2ccc(C(F)(F)F)nn2)C1. The Morgan fingerprint density at radius 2 is 2.05 bits per heavy atom. The summed E-state index contributed by atoms with van der Waals surface area (Å²) in [7, 11) is 0. The highest BCUT2D eigenvalue weighted by Gasteiger charge is 2.33. The number of halogens is 3. The third-order valence-electron chi connectivity index (χ3n) is 3.25. The maximum absolute atomic E-state index is 12.3. The first-order valence-corrected chi connectivity index (χ1v) is 6.47. The zero-order chi connectivity index (χ0) is 16.3. The van der Waals surface area contributed by atoms with Gasteiger partial charge in [-0.25, -0.2) is 4.79 Å². The van der Waals surface area contributed by atoms with Crippen LogP contribution in [0.15, 0.2) is 12.1 Å². The third kappa shape index (κ3) is 3.83. The molecule has 1 fully saturated rings. The second-order valence-corrected chi connectivity index (χ2v) is 4.86. The fourth-order valence-corrected chi connectivity index (χ4v) is 2.10. The molecule has 0 aliphatic carbocycles. The van der Waals surface area contributed by atoms with Crippen molar-refractivity contribution in [3.63, 3.8) is 0 Å². The van der Waals surface area contributed by atoms with Gasteiger partial charge in [0.2, 0.25) is 0 Å². The Balaban J connectivity index is 1.98. The van der Waals surface area contributed by atoms with Crippen LogP contribution < -0.4 is 5.32 Å². The van der Waals surface area contributed by atoms with E-state index < -0.39 is 29.8 Å². The highest BCUT2D eigenvalue weighted by atomic mass is 19.4. The van der Waals surface area contributed by atoms with Crippen molar-refractivity contribution in [3.8, 4) is 0 Å². The summed E-state index contributed by atoms with van der Waals surface area (Å²) in [4.78, 5) is 24.2. The number of likely N-dealkylation sites (tertiary alicyclic amines) is 1. The molecule has 2 heterocycles. The van der Waals surface area contributed by atoms with Crippen molar-refractivity contribution in [2.24, 2.45) is 5.92 Å². The lowest BCUT2D eigenvalue weighted by Crippen LogP contribution is -2.44. The standard InChI is InChI=1S/C12H13F3N4O3/c13-12(14,15)8-3-4-9(18-17-8)16-11(22)19-5-1-2-7(6-19)10(20)21/h3-4,7H,1-2,5-6H2,(H,20,21)(H,16,18,22). The van der Waals surface area contributed by atoms with Crippen LogP contribution in [0.3, 0.4) is 0 Å². The van der Waals surface area contributed by atoms with Gasteiger partial charge in [-0.05, 0) is 25.0 Å². The predicted molar refractivity (Wildman–Crippen MR) is 68.0 cm³/mol. The van der Waals surface area contributed by atoms with Crippen LogP contribution >= 0.6 is 0 Å². The Labute approximate surface area is 123 Å². The molecule has 1 saturated heterocycles. The molecule has 0 spiro atoms. The van der Waals surface area contributed by atoms with Crippen LogP contribution in [-0.2, 0) is 11.0 Å². The Morgan fingerprint density at radius 1 is 1.32 bits per heavy atom. The number of alkyl halides is 3. The molecular weight excluding hydrogens is 305 g/mol. The number of hydrogen-bond acceptors (Lipinski definition) is 4. The molecule has 2 rings (SSSR count). The molecule has 0 bridgehead atoms. The quantitative estimate of drug-likeness (QED) is 0.867. The average Bonchev–Trinajstić information content (AvgIpc) is 2.47. The molecule has 0 aromatic carbocycles. The molecule has 1 aliphatic rings. The van der Waals surface area contributed by atoms with E-state index >= 15 is 0 Å². The minimum atomic E-state index is -4.60. The van der Waals surface area contributed by atoms with Crippen molar-refractivity contribution in [2.75, 3.05) is 18.4 Å². The topological polar surface area (TPSA) is 95.4 Å².